The number of hydrogen-bond donors (Lipinski definition) is 1. The molecule has 9 nitrogen and oxygen atoms in total. The first-order valence-electron chi connectivity index (χ1n) is 11.3. The summed E-state index contributed by atoms with van der Waals surface area (Å²) in [7, 11) is 4.84. The van der Waals surface area contributed by atoms with Crippen LogP contribution in [0.15, 0.2) is 42.5 Å². The molecule has 1 N–H and O–H groups in total. The van der Waals surface area contributed by atoms with Gasteiger partial charge in [-0.05, 0) is 36.4 Å². The Morgan fingerprint density at radius 3 is 2.49 bits per heavy atom. The molecule has 1 aliphatic rings. The number of piperidine rings is 1. The van der Waals surface area contributed by atoms with E-state index >= 15 is 0 Å². The van der Waals surface area contributed by atoms with Crippen molar-refractivity contribution in [3.8, 4) is 33.7 Å². The Morgan fingerprint density at radius 1 is 1.00 bits per heavy atom. The summed E-state index contributed by atoms with van der Waals surface area (Å²) < 4.78 is 23.2. The number of amides is 1. The van der Waals surface area contributed by atoms with Crippen molar-refractivity contribution in [1.82, 2.24) is 20.1 Å². The SMILES string of the molecule is COc1ccc(OC)c(-c2cc(C(=O)N3CCC(Oc4nc5cc(OC)ccc5s4)CC3)[nH]n2)c1. The molecule has 2 aromatic carbocycles. The Morgan fingerprint density at radius 2 is 1.74 bits per heavy atom. The molecule has 2 aromatic heterocycles. The summed E-state index contributed by atoms with van der Waals surface area (Å²) in [5.74, 6) is 2.03. The lowest BCUT2D eigenvalue weighted by molar-refractivity contribution is 0.0590. The minimum absolute atomic E-state index is 0.0138. The van der Waals surface area contributed by atoms with E-state index in [1.165, 1.54) is 11.3 Å². The van der Waals surface area contributed by atoms with Gasteiger partial charge in [0, 0.05) is 37.6 Å². The van der Waals surface area contributed by atoms with Crippen molar-refractivity contribution in [3.05, 3.63) is 48.2 Å². The van der Waals surface area contributed by atoms with Gasteiger partial charge in [-0.15, -0.1) is 0 Å². The summed E-state index contributed by atoms with van der Waals surface area (Å²) in [6, 6.07) is 13.0. The second-order valence-corrected chi connectivity index (χ2v) is 9.15. The van der Waals surface area contributed by atoms with E-state index in [0.717, 1.165) is 34.4 Å². The first-order chi connectivity index (χ1) is 17.1. The van der Waals surface area contributed by atoms with Crippen LogP contribution in [0.1, 0.15) is 23.3 Å². The number of fused-ring (bicyclic) bond motifs is 1. The van der Waals surface area contributed by atoms with Gasteiger partial charge in [-0.2, -0.15) is 5.10 Å². The van der Waals surface area contributed by atoms with Gasteiger partial charge in [0.2, 0.25) is 0 Å². The van der Waals surface area contributed by atoms with Gasteiger partial charge < -0.3 is 23.8 Å². The number of rotatable bonds is 7. The van der Waals surface area contributed by atoms with Crippen molar-refractivity contribution in [2.24, 2.45) is 0 Å². The van der Waals surface area contributed by atoms with Crippen LogP contribution in [0.5, 0.6) is 22.4 Å². The maximum absolute atomic E-state index is 13.1. The number of aromatic nitrogens is 3. The Hall–Kier alpha value is -3.79. The average Bonchev–Trinajstić information content (AvgIpc) is 3.55. The number of carbonyl (C=O) groups is 1. The van der Waals surface area contributed by atoms with E-state index in [4.69, 9.17) is 18.9 Å². The van der Waals surface area contributed by atoms with Gasteiger partial charge >= 0.3 is 0 Å². The van der Waals surface area contributed by atoms with Crippen molar-refractivity contribution in [3.63, 3.8) is 0 Å². The second-order valence-electron chi connectivity index (χ2n) is 8.16. The predicted octanol–water partition coefficient (Wildman–Crippen LogP) is 4.40. The summed E-state index contributed by atoms with van der Waals surface area (Å²) >= 11 is 1.52. The van der Waals surface area contributed by atoms with Crippen LogP contribution in [-0.4, -0.2) is 66.5 Å². The van der Waals surface area contributed by atoms with Crippen LogP contribution in [0.25, 0.3) is 21.5 Å². The molecule has 10 heteroatoms. The third-order valence-electron chi connectivity index (χ3n) is 6.06. The number of H-pyrrole nitrogens is 1. The van der Waals surface area contributed by atoms with Crippen molar-refractivity contribution < 1.29 is 23.7 Å². The molecule has 4 aromatic rings. The van der Waals surface area contributed by atoms with E-state index < -0.39 is 0 Å². The molecule has 182 valence electrons. The standard InChI is InChI=1S/C25H26N4O5S/c1-31-16-4-6-22(33-3)18(12-16)19-14-21(28-27-19)24(30)29-10-8-15(9-11-29)34-25-26-20-13-17(32-2)5-7-23(20)35-25/h4-7,12-15H,8-11H2,1-3H3,(H,27,28). The number of benzene rings is 2. The number of ether oxygens (including phenoxy) is 4. The number of methoxy groups -OCH3 is 3. The highest BCUT2D eigenvalue weighted by Gasteiger charge is 2.27. The van der Waals surface area contributed by atoms with Gasteiger partial charge in [-0.25, -0.2) is 4.98 Å². The predicted molar refractivity (Wildman–Crippen MR) is 133 cm³/mol. The highest BCUT2D eigenvalue weighted by Crippen LogP contribution is 2.34. The highest BCUT2D eigenvalue weighted by atomic mass is 32.1. The minimum Gasteiger partial charge on any atom is -0.497 e. The Labute approximate surface area is 206 Å². The summed E-state index contributed by atoms with van der Waals surface area (Å²) in [6.07, 6.45) is 1.48. The fourth-order valence-corrected chi connectivity index (χ4v) is 5.00. The maximum Gasteiger partial charge on any atom is 0.274 e. The first-order valence-corrected chi connectivity index (χ1v) is 12.1. The number of nitrogens with one attached hydrogen (secondary N) is 1. The average molecular weight is 495 g/mol. The van der Waals surface area contributed by atoms with E-state index in [0.29, 0.717) is 41.2 Å². The number of aromatic amines is 1. The summed E-state index contributed by atoms with van der Waals surface area (Å²) in [5.41, 5.74) is 2.67. The van der Waals surface area contributed by atoms with Crippen molar-refractivity contribution in [1.29, 1.82) is 0 Å². The number of nitrogens with zero attached hydrogens (tertiary/aromatic N) is 3. The summed E-state index contributed by atoms with van der Waals surface area (Å²) in [5, 5.41) is 7.86. The van der Waals surface area contributed by atoms with Crippen LogP contribution in [-0.2, 0) is 0 Å². The molecule has 0 bridgehead atoms. The molecule has 5 rings (SSSR count). The van der Waals surface area contributed by atoms with E-state index in [-0.39, 0.29) is 12.0 Å². The summed E-state index contributed by atoms with van der Waals surface area (Å²) in [6.45, 7) is 1.19. The smallest absolute Gasteiger partial charge is 0.274 e. The maximum atomic E-state index is 13.1. The van der Waals surface area contributed by atoms with Crippen LogP contribution in [0.4, 0.5) is 0 Å². The van der Waals surface area contributed by atoms with Gasteiger partial charge in [0.15, 0.2) is 0 Å². The van der Waals surface area contributed by atoms with Crippen molar-refractivity contribution in [2.45, 2.75) is 18.9 Å². The van der Waals surface area contributed by atoms with Gasteiger partial charge in [0.25, 0.3) is 11.1 Å². The number of likely N-dealkylation sites (tertiary alicyclic amines) is 1. The molecular formula is C25H26N4O5S. The Balaban J connectivity index is 1.22. The third kappa shape index (κ3) is 4.74. The molecule has 0 saturated carbocycles. The van der Waals surface area contributed by atoms with Crippen molar-refractivity contribution >= 4 is 27.5 Å². The zero-order valence-electron chi connectivity index (χ0n) is 19.7. The van der Waals surface area contributed by atoms with Gasteiger partial charge in [0.1, 0.15) is 29.0 Å². The molecule has 1 fully saturated rings. The fraction of sp³-hybridized carbons (Fsp3) is 0.320. The summed E-state index contributed by atoms with van der Waals surface area (Å²) in [4.78, 5) is 19.5. The lowest BCUT2D eigenvalue weighted by atomic mass is 10.1. The topological polar surface area (TPSA) is 98.8 Å². The molecule has 0 spiro atoms. The first kappa shape index (κ1) is 23.0. The molecule has 3 heterocycles. The van der Waals surface area contributed by atoms with Gasteiger partial charge in [-0.3, -0.25) is 9.89 Å². The minimum atomic E-state index is -0.0869. The Kier molecular flexibility index (Phi) is 6.45. The normalized spacial score (nSPS) is 14.2. The lowest BCUT2D eigenvalue weighted by Gasteiger charge is -2.31. The molecular weight excluding hydrogens is 468 g/mol. The van der Waals surface area contributed by atoms with E-state index in [9.17, 15) is 4.79 Å². The fourth-order valence-electron chi connectivity index (χ4n) is 4.14. The Bertz CT molecular complexity index is 1340. The quantitative estimate of drug-likeness (QED) is 0.407. The van der Waals surface area contributed by atoms with Gasteiger partial charge in [0.05, 0.1) is 37.2 Å². The van der Waals surface area contributed by atoms with E-state index in [1.54, 1.807) is 27.4 Å². The molecule has 1 aliphatic heterocycles. The van der Waals surface area contributed by atoms with Gasteiger partial charge in [-0.1, -0.05) is 11.3 Å². The number of thiazole rings is 1. The monoisotopic (exact) mass is 494 g/mol. The molecule has 1 saturated heterocycles. The van der Waals surface area contributed by atoms with Crippen LogP contribution in [0.2, 0.25) is 0 Å². The number of hydrogen-bond acceptors (Lipinski definition) is 8. The number of carbonyl (C=O) groups excluding carboxylic acids is 1. The van der Waals surface area contributed by atoms with Crippen LogP contribution in [0, 0.1) is 0 Å². The van der Waals surface area contributed by atoms with E-state index in [2.05, 4.69) is 15.2 Å². The van der Waals surface area contributed by atoms with E-state index in [1.807, 2.05) is 41.3 Å². The third-order valence-corrected chi connectivity index (χ3v) is 6.99. The zero-order chi connectivity index (χ0) is 24.4. The van der Waals surface area contributed by atoms with Crippen LogP contribution in [0.3, 0.4) is 0 Å². The second kappa shape index (κ2) is 9.83. The van der Waals surface area contributed by atoms with Crippen molar-refractivity contribution in [2.75, 3.05) is 34.4 Å². The lowest BCUT2D eigenvalue weighted by Crippen LogP contribution is -2.41. The molecule has 0 atom stereocenters. The molecule has 0 aliphatic carbocycles. The largest absolute Gasteiger partial charge is 0.497 e. The van der Waals surface area contributed by atoms with Crippen LogP contribution >= 0.6 is 11.3 Å². The molecule has 1 amide bonds. The zero-order valence-corrected chi connectivity index (χ0v) is 20.6. The molecule has 0 radical (unpaired) electrons. The van der Waals surface area contributed by atoms with Crippen LogP contribution < -0.4 is 18.9 Å². The molecule has 0 unspecified atom stereocenters. The highest BCUT2D eigenvalue weighted by molar-refractivity contribution is 7.20. The molecule has 35 heavy (non-hydrogen) atoms.